The molecule has 0 fully saturated rings. The number of aromatic amines is 1. The van der Waals surface area contributed by atoms with Crippen molar-refractivity contribution in [2.45, 2.75) is 46.5 Å². The van der Waals surface area contributed by atoms with Gasteiger partial charge in [-0.1, -0.05) is 48.4 Å². The van der Waals surface area contributed by atoms with E-state index in [-0.39, 0.29) is 0 Å². The van der Waals surface area contributed by atoms with Crippen molar-refractivity contribution in [3.05, 3.63) is 47.6 Å². The fourth-order valence-electron chi connectivity index (χ4n) is 3.90. The Kier molecular flexibility index (Phi) is 5.69. The molecule has 2 unspecified atom stereocenters. The average molecular weight is 389 g/mol. The van der Waals surface area contributed by atoms with E-state index in [0.717, 1.165) is 35.7 Å². The molecule has 1 aliphatic carbocycles. The molecule has 2 heterocycles. The van der Waals surface area contributed by atoms with Crippen LogP contribution in [0, 0.1) is 11.8 Å². The van der Waals surface area contributed by atoms with E-state index in [4.69, 9.17) is 0 Å². The SMILES string of the molecule is CC(C)=CCCC1=CCC(C=NNc2nnc3c(n2)[nH]c2ccccc23)C(C)C1. The largest absolute Gasteiger partial charge is 0.338 e. The van der Waals surface area contributed by atoms with E-state index in [0.29, 0.717) is 23.4 Å². The van der Waals surface area contributed by atoms with Crippen LogP contribution in [0.5, 0.6) is 0 Å². The van der Waals surface area contributed by atoms with Gasteiger partial charge < -0.3 is 4.98 Å². The normalized spacial score (nSPS) is 19.6. The predicted octanol–water partition coefficient (Wildman–Crippen LogP) is 5.62. The highest BCUT2D eigenvalue weighted by Gasteiger charge is 2.20. The molecule has 2 atom stereocenters. The van der Waals surface area contributed by atoms with Gasteiger partial charge in [-0.2, -0.15) is 10.1 Å². The van der Waals surface area contributed by atoms with Crippen molar-refractivity contribution < 1.29 is 0 Å². The lowest BCUT2D eigenvalue weighted by Crippen LogP contribution is -2.18. The Balaban J connectivity index is 1.38. The maximum atomic E-state index is 4.50. The number of anilines is 1. The number of aromatic nitrogens is 4. The Hall–Kier alpha value is -3.02. The number of fused-ring (bicyclic) bond motifs is 3. The lowest BCUT2D eigenvalue weighted by atomic mass is 9.80. The van der Waals surface area contributed by atoms with E-state index in [9.17, 15) is 0 Å². The van der Waals surface area contributed by atoms with Gasteiger partial charge in [0.05, 0.1) is 0 Å². The number of hydrogen-bond acceptors (Lipinski definition) is 5. The zero-order valence-corrected chi connectivity index (χ0v) is 17.3. The second-order valence-corrected chi connectivity index (χ2v) is 8.16. The molecule has 29 heavy (non-hydrogen) atoms. The number of hydrogen-bond donors (Lipinski definition) is 2. The summed E-state index contributed by atoms with van der Waals surface area (Å²) in [5.74, 6) is 1.42. The molecular formula is C23H28N6. The zero-order chi connectivity index (χ0) is 20.2. The molecule has 1 aliphatic rings. The van der Waals surface area contributed by atoms with Crippen LogP contribution in [0.3, 0.4) is 0 Å². The van der Waals surface area contributed by atoms with Gasteiger partial charge in [-0.3, -0.25) is 0 Å². The fraction of sp³-hybridized carbons (Fsp3) is 0.391. The second-order valence-electron chi connectivity index (χ2n) is 8.16. The summed E-state index contributed by atoms with van der Waals surface area (Å²) in [6, 6.07) is 8.00. The van der Waals surface area contributed by atoms with Crippen molar-refractivity contribution in [3.8, 4) is 0 Å². The van der Waals surface area contributed by atoms with Crippen LogP contribution in [0.25, 0.3) is 22.1 Å². The first kappa shape index (κ1) is 19.3. The van der Waals surface area contributed by atoms with Gasteiger partial charge in [0.25, 0.3) is 5.95 Å². The summed E-state index contributed by atoms with van der Waals surface area (Å²) in [4.78, 5) is 7.78. The van der Waals surface area contributed by atoms with E-state index in [1.165, 1.54) is 12.0 Å². The number of rotatable bonds is 6. The van der Waals surface area contributed by atoms with Crippen molar-refractivity contribution in [3.63, 3.8) is 0 Å². The highest BCUT2D eigenvalue weighted by Crippen LogP contribution is 2.30. The van der Waals surface area contributed by atoms with Crippen LogP contribution >= 0.6 is 0 Å². The van der Waals surface area contributed by atoms with Gasteiger partial charge in [-0.15, -0.1) is 10.2 Å². The van der Waals surface area contributed by atoms with Crippen molar-refractivity contribution >= 4 is 34.2 Å². The number of hydrazone groups is 1. The zero-order valence-electron chi connectivity index (χ0n) is 17.3. The Morgan fingerprint density at radius 3 is 2.97 bits per heavy atom. The molecule has 2 N–H and O–H groups in total. The quantitative estimate of drug-likeness (QED) is 0.326. The van der Waals surface area contributed by atoms with Crippen LogP contribution < -0.4 is 5.43 Å². The van der Waals surface area contributed by atoms with E-state index < -0.39 is 0 Å². The van der Waals surface area contributed by atoms with Crippen molar-refractivity contribution in [1.82, 2.24) is 20.2 Å². The van der Waals surface area contributed by atoms with Gasteiger partial charge in [0.15, 0.2) is 5.65 Å². The minimum absolute atomic E-state index is 0.404. The van der Waals surface area contributed by atoms with Gasteiger partial charge in [0.1, 0.15) is 5.52 Å². The third-order valence-electron chi connectivity index (χ3n) is 5.56. The van der Waals surface area contributed by atoms with Gasteiger partial charge >= 0.3 is 0 Å². The van der Waals surface area contributed by atoms with Crippen molar-refractivity contribution in [2.75, 3.05) is 5.43 Å². The molecule has 3 aromatic rings. The molecule has 0 aliphatic heterocycles. The fourth-order valence-corrected chi connectivity index (χ4v) is 3.90. The minimum Gasteiger partial charge on any atom is -0.338 e. The van der Waals surface area contributed by atoms with Crippen LogP contribution in [0.15, 0.2) is 52.7 Å². The van der Waals surface area contributed by atoms with E-state index in [2.05, 4.69) is 63.6 Å². The summed E-state index contributed by atoms with van der Waals surface area (Å²) in [5.41, 5.74) is 8.42. The molecular weight excluding hydrogens is 360 g/mol. The van der Waals surface area contributed by atoms with Crippen molar-refractivity contribution in [2.24, 2.45) is 16.9 Å². The Morgan fingerprint density at radius 2 is 2.14 bits per heavy atom. The summed E-state index contributed by atoms with van der Waals surface area (Å²) >= 11 is 0. The Morgan fingerprint density at radius 1 is 1.28 bits per heavy atom. The molecule has 0 bridgehead atoms. The summed E-state index contributed by atoms with van der Waals surface area (Å²) in [6.07, 6.45) is 11.2. The molecule has 4 rings (SSSR count). The molecule has 0 spiro atoms. The summed E-state index contributed by atoms with van der Waals surface area (Å²) in [5, 5.41) is 13.9. The molecule has 0 radical (unpaired) electrons. The Bertz CT molecular complexity index is 1090. The minimum atomic E-state index is 0.404. The third-order valence-corrected chi connectivity index (χ3v) is 5.56. The van der Waals surface area contributed by atoms with E-state index >= 15 is 0 Å². The number of nitrogens with one attached hydrogen (secondary N) is 2. The van der Waals surface area contributed by atoms with Crippen molar-refractivity contribution in [1.29, 1.82) is 0 Å². The average Bonchev–Trinajstić information content (AvgIpc) is 3.07. The maximum absolute atomic E-state index is 4.50. The van der Waals surface area contributed by atoms with Gasteiger partial charge in [-0.05, 0) is 51.5 Å². The Labute approximate surface area is 171 Å². The number of benzene rings is 1. The molecule has 0 saturated heterocycles. The maximum Gasteiger partial charge on any atom is 0.265 e. The van der Waals surface area contributed by atoms with Crippen LogP contribution in [-0.4, -0.2) is 26.4 Å². The number of allylic oxidation sites excluding steroid dienone is 4. The monoisotopic (exact) mass is 388 g/mol. The lowest BCUT2D eigenvalue weighted by Gasteiger charge is -2.25. The van der Waals surface area contributed by atoms with Gasteiger partial charge in [-0.25, -0.2) is 5.43 Å². The molecule has 150 valence electrons. The van der Waals surface area contributed by atoms with Crippen LogP contribution in [-0.2, 0) is 0 Å². The first-order valence-electron chi connectivity index (χ1n) is 10.3. The van der Waals surface area contributed by atoms with E-state index in [1.54, 1.807) is 5.57 Å². The summed E-state index contributed by atoms with van der Waals surface area (Å²) < 4.78 is 0. The molecule has 0 amide bonds. The summed E-state index contributed by atoms with van der Waals surface area (Å²) in [6.45, 7) is 6.62. The molecule has 1 aromatic carbocycles. The van der Waals surface area contributed by atoms with Crippen LogP contribution in [0.4, 0.5) is 5.95 Å². The molecule has 6 nitrogen and oxygen atoms in total. The molecule has 2 aromatic heterocycles. The van der Waals surface area contributed by atoms with Gasteiger partial charge in [0.2, 0.25) is 0 Å². The van der Waals surface area contributed by atoms with Gasteiger partial charge in [0, 0.05) is 23.0 Å². The van der Waals surface area contributed by atoms with Crippen LogP contribution in [0.1, 0.15) is 46.5 Å². The van der Waals surface area contributed by atoms with E-state index in [1.807, 2.05) is 30.5 Å². The highest BCUT2D eigenvalue weighted by molar-refractivity contribution is 6.03. The third kappa shape index (κ3) is 4.53. The lowest BCUT2D eigenvalue weighted by molar-refractivity contribution is 0.431. The molecule has 0 saturated carbocycles. The van der Waals surface area contributed by atoms with Crippen LogP contribution in [0.2, 0.25) is 0 Å². The summed E-state index contributed by atoms with van der Waals surface area (Å²) in [7, 11) is 0. The standard InChI is InChI=1S/C23H28N6/c1-15(2)7-6-8-17-11-12-18(16(3)13-17)14-24-28-23-26-22-21(27-29-23)19-9-4-5-10-20(19)25-22/h4-5,7,9-11,14,16,18H,6,8,12-13H2,1-3H3,(H2,25,26,28,29). The smallest absolute Gasteiger partial charge is 0.265 e. The predicted molar refractivity (Wildman–Crippen MR) is 120 cm³/mol. The molecule has 6 heteroatoms. The first-order chi connectivity index (χ1) is 14.1. The number of nitrogens with zero attached hydrogens (tertiary/aromatic N) is 4. The topological polar surface area (TPSA) is 78.8 Å². The highest BCUT2D eigenvalue weighted by atomic mass is 15.4. The number of H-pyrrole nitrogens is 1. The second kappa shape index (κ2) is 8.55. The number of para-hydroxylation sites is 1. The first-order valence-corrected chi connectivity index (χ1v) is 10.3.